The zero-order valence-electron chi connectivity index (χ0n) is 7.85. The van der Waals surface area contributed by atoms with Crippen molar-refractivity contribution in [2.45, 2.75) is 12.8 Å². The fourth-order valence-electron chi connectivity index (χ4n) is 1.03. The molecule has 0 aliphatic heterocycles. The molecule has 0 aliphatic carbocycles. The monoisotopic (exact) mass is 282 g/mol. The van der Waals surface area contributed by atoms with Crippen LogP contribution in [0.4, 0.5) is 13.2 Å². The fraction of sp³-hybridized carbons (Fsp3) is 0.400. The molecule has 0 unspecified atom stereocenters. The molecule has 0 radical (unpaired) electrons. The summed E-state index contributed by atoms with van der Waals surface area (Å²) in [5.74, 6) is 0. The Morgan fingerprint density at radius 1 is 1.13 bits per heavy atom. The van der Waals surface area contributed by atoms with Gasteiger partial charge in [0.2, 0.25) is 0 Å². The van der Waals surface area contributed by atoms with Crippen LogP contribution in [0.1, 0.15) is 11.1 Å². The first-order valence-electron chi connectivity index (χ1n) is 4.34. The number of halogens is 4. The molecule has 1 aromatic carbocycles. The number of ether oxygens (including phenoxy) is 1. The summed E-state index contributed by atoms with van der Waals surface area (Å²) in [4.78, 5) is 0. The summed E-state index contributed by atoms with van der Waals surface area (Å²) in [7, 11) is 0. The van der Waals surface area contributed by atoms with Crippen LogP contribution in [0.15, 0.2) is 24.3 Å². The number of hydrogen-bond donors (Lipinski definition) is 0. The van der Waals surface area contributed by atoms with Crippen molar-refractivity contribution in [3.63, 3.8) is 0 Å². The van der Waals surface area contributed by atoms with Gasteiger partial charge in [-0.1, -0.05) is 28.1 Å². The maximum Gasteiger partial charge on any atom is 0.416 e. The van der Waals surface area contributed by atoms with E-state index in [1.807, 2.05) is 0 Å². The molecule has 0 fully saturated rings. The van der Waals surface area contributed by atoms with E-state index in [1.165, 1.54) is 12.1 Å². The lowest BCUT2D eigenvalue weighted by Crippen LogP contribution is -2.04. The van der Waals surface area contributed by atoms with E-state index in [1.54, 1.807) is 0 Å². The topological polar surface area (TPSA) is 9.23 Å². The van der Waals surface area contributed by atoms with Gasteiger partial charge in [-0.3, -0.25) is 0 Å². The molecular formula is C10H10BrF3O. The SMILES string of the molecule is FC(F)(F)c1ccc(COCCBr)cc1. The maximum absolute atomic E-state index is 12.2. The second-order valence-corrected chi connectivity index (χ2v) is 3.73. The molecule has 0 bridgehead atoms. The molecule has 0 heterocycles. The molecular weight excluding hydrogens is 273 g/mol. The van der Waals surface area contributed by atoms with Crippen LogP contribution < -0.4 is 0 Å². The van der Waals surface area contributed by atoms with Gasteiger partial charge in [0.15, 0.2) is 0 Å². The first-order chi connectivity index (χ1) is 7.04. The van der Waals surface area contributed by atoms with E-state index < -0.39 is 11.7 Å². The minimum atomic E-state index is -4.27. The van der Waals surface area contributed by atoms with E-state index in [0.717, 1.165) is 17.7 Å². The zero-order valence-corrected chi connectivity index (χ0v) is 9.44. The third kappa shape index (κ3) is 4.22. The standard InChI is InChI=1S/C10H10BrF3O/c11-5-6-15-7-8-1-3-9(4-2-8)10(12,13)14/h1-4H,5-7H2. The second kappa shape index (κ2) is 5.51. The third-order valence-electron chi connectivity index (χ3n) is 1.77. The van der Waals surface area contributed by atoms with E-state index in [0.29, 0.717) is 18.5 Å². The normalized spacial score (nSPS) is 11.7. The van der Waals surface area contributed by atoms with Crippen molar-refractivity contribution in [2.75, 3.05) is 11.9 Å². The first kappa shape index (κ1) is 12.5. The van der Waals surface area contributed by atoms with Crippen LogP contribution in [0.25, 0.3) is 0 Å². The largest absolute Gasteiger partial charge is 0.416 e. The molecule has 1 nitrogen and oxygen atoms in total. The molecule has 15 heavy (non-hydrogen) atoms. The highest BCUT2D eigenvalue weighted by atomic mass is 79.9. The highest BCUT2D eigenvalue weighted by molar-refractivity contribution is 9.09. The Kier molecular flexibility index (Phi) is 4.60. The van der Waals surface area contributed by atoms with Gasteiger partial charge in [-0.15, -0.1) is 0 Å². The Morgan fingerprint density at radius 2 is 1.73 bits per heavy atom. The number of alkyl halides is 4. The Balaban J connectivity index is 2.57. The average Bonchev–Trinajstić information content (AvgIpc) is 2.18. The van der Waals surface area contributed by atoms with Crippen LogP contribution in [0.3, 0.4) is 0 Å². The van der Waals surface area contributed by atoms with E-state index in [2.05, 4.69) is 15.9 Å². The van der Waals surface area contributed by atoms with E-state index in [-0.39, 0.29) is 0 Å². The number of rotatable bonds is 4. The first-order valence-corrected chi connectivity index (χ1v) is 5.46. The van der Waals surface area contributed by atoms with Crippen molar-refractivity contribution in [1.29, 1.82) is 0 Å². The molecule has 0 amide bonds. The molecule has 0 atom stereocenters. The van der Waals surface area contributed by atoms with Crippen LogP contribution in [-0.4, -0.2) is 11.9 Å². The minimum absolute atomic E-state index is 0.337. The van der Waals surface area contributed by atoms with Crippen molar-refractivity contribution in [1.82, 2.24) is 0 Å². The molecule has 84 valence electrons. The molecule has 5 heteroatoms. The zero-order chi connectivity index (χ0) is 11.3. The van der Waals surface area contributed by atoms with Gasteiger partial charge in [-0.05, 0) is 17.7 Å². The van der Waals surface area contributed by atoms with E-state index >= 15 is 0 Å². The van der Waals surface area contributed by atoms with Crippen molar-refractivity contribution >= 4 is 15.9 Å². The predicted molar refractivity (Wildman–Crippen MR) is 54.9 cm³/mol. The smallest absolute Gasteiger partial charge is 0.376 e. The molecule has 1 rings (SSSR count). The van der Waals surface area contributed by atoms with E-state index in [4.69, 9.17) is 4.74 Å². The van der Waals surface area contributed by atoms with E-state index in [9.17, 15) is 13.2 Å². The Morgan fingerprint density at radius 3 is 2.20 bits per heavy atom. The van der Waals surface area contributed by atoms with Gasteiger partial charge in [0, 0.05) is 5.33 Å². The summed E-state index contributed by atoms with van der Waals surface area (Å²) >= 11 is 3.19. The van der Waals surface area contributed by atoms with Gasteiger partial charge in [0.1, 0.15) is 0 Å². The highest BCUT2D eigenvalue weighted by Gasteiger charge is 2.29. The molecule has 0 saturated heterocycles. The predicted octanol–water partition coefficient (Wildman–Crippen LogP) is 3.62. The Hall–Kier alpha value is -0.550. The maximum atomic E-state index is 12.2. The third-order valence-corrected chi connectivity index (χ3v) is 2.10. The van der Waals surface area contributed by atoms with Crippen molar-refractivity contribution < 1.29 is 17.9 Å². The van der Waals surface area contributed by atoms with Gasteiger partial charge in [-0.2, -0.15) is 13.2 Å². The number of benzene rings is 1. The minimum Gasteiger partial charge on any atom is -0.376 e. The van der Waals surface area contributed by atoms with Crippen LogP contribution in [0, 0.1) is 0 Å². The van der Waals surface area contributed by atoms with Crippen molar-refractivity contribution in [2.24, 2.45) is 0 Å². The summed E-state index contributed by atoms with van der Waals surface area (Å²) in [6.07, 6.45) is -4.27. The summed E-state index contributed by atoms with van der Waals surface area (Å²) in [6, 6.07) is 4.98. The molecule has 0 N–H and O–H groups in total. The van der Waals surface area contributed by atoms with Crippen LogP contribution in [0.5, 0.6) is 0 Å². The lowest BCUT2D eigenvalue weighted by Gasteiger charge is -2.07. The van der Waals surface area contributed by atoms with Crippen molar-refractivity contribution in [3.05, 3.63) is 35.4 Å². The fourth-order valence-corrected chi connectivity index (χ4v) is 1.26. The summed E-state index contributed by atoms with van der Waals surface area (Å²) in [6.45, 7) is 0.880. The lowest BCUT2D eigenvalue weighted by molar-refractivity contribution is -0.137. The quantitative estimate of drug-likeness (QED) is 0.606. The molecule has 0 spiro atoms. The summed E-state index contributed by atoms with van der Waals surface area (Å²) < 4.78 is 41.7. The Bertz CT molecular complexity index is 295. The van der Waals surface area contributed by atoms with Gasteiger partial charge in [-0.25, -0.2) is 0 Å². The Labute approximate surface area is 94.4 Å². The summed E-state index contributed by atoms with van der Waals surface area (Å²) in [5, 5.41) is 0.716. The second-order valence-electron chi connectivity index (χ2n) is 2.94. The highest BCUT2D eigenvalue weighted by Crippen LogP contribution is 2.29. The molecule has 0 saturated carbocycles. The number of hydrogen-bond acceptors (Lipinski definition) is 1. The van der Waals surface area contributed by atoms with Gasteiger partial charge < -0.3 is 4.74 Å². The van der Waals surface area contributed by atoms with Gasteiger partial charge in [0.25, 0.3) is 0 Å². The van der Waals surface area contributed by atoms with Gasteiger partial charge in [0.05, 0.1) is 18.8 Å². The lowest BCUT2D eigenvalue weighted by atomic mass is 10.1. The molecule has 1 aromatic rings. The van der Waals surface area contributed by atoms with Crippen LogP contribution in [-0.2, 0) is 17.5 Å². The van der Waals surface area contributed by atoms with Crippen LogP contribution >= 0.6 is 15.9 Å². The molecule has 0 aliphatic rings. The van der Waals surface area contributed by atoms with Gasteiger partial charge >= 0.3 is 6.18 Å². The summed E-state index contributed by atoms with van der Waals surface area (Å²) in [5.41, 5.74) is 0.107. The van der Waals surface area contributed by atoms with Crippen LogP contribution in [0.2, 0.25) is 0 Å². The van der Waals surface area contributed by atoms with Crippen molar-refractivity contribution in [3.8, 4) is 0 Å². The average molecular weight is 283 g/mol. The molecule has 0 aromatic heterocycles.